The van der Waals surface area contributed by atoms with Gasteiger partial charge in [0.15, 0.2) is 0 Å². The van der Waals surface area contributed by atoms with Gasteiger partial charge in [-0.25, -0.2) is 4.79 Å². The molecule has 72 valence electrons. The highest BCUT2D eigenvalue weighted by molar-refractivity contribution is 7.39. The van der Waals surface area contributed by atoms with Crippen molar-refractivity contribution in [3.63, 3.8) is 0 Å². The molecule has 2 aromatic rings. The first-order chi connectivity index (χ1) is 6.58. The molecule has 0 spiro atoms. The van der Waals surface area contributed by atoms with Crippen LogP contribution in [0.1, 0.15) is 19.3 Å². The largest absolute Gasteiger partial charge is 0.477 e. The second-order valence-corrected chi connectivity index (χ2v) is 5.00. The first-order valence-electron chi connectivity index (χ1n) is 3.64. The lowest BCUT2D eigenvalue weighted by Crippen LogP contribution is -2.08. The van der Waals surface area contributed by atoms with Gasteiger partial charge in [0.2, 0.25) is 0 Å². The van der Waals surface area contributed by atoms with E-state index >= 15 is 0 Å². The molecule has 0 saturated heterocycles. The van der Waals surface area contributed by atoms with E-state index in [4.69, 9.17) is 10.8 Å². The first kappa shape index (κ1) is 9.17. The number of fused-ring (bicyclic) bond motifs is 1. The third-order valence-electron chi connectivity index (χ3n) is 1.67. The van der Waals surface area contributed by atoms with Crippen LogP contribution in [0.25, 0.3) is 9.40 Å². The molecule has 0 radical (unpaired) electrons. The fraction of sp³-hybridized carbons (Fsp3) is 0. The molecule has 0 saturated carbocycles. The van der Waals surface area contributed by atoms with Crippen LogP contribution in [0.4, 0.5) is 0 Å². The van der Waals surface area contributed by atoms with Crippen LogP contribution < -0.4 is 5.73 Å². The van der Waals surface area contributed by atoms with E-state index in [2.05, 4.69) is 0 Å². The Hall–Kier alpha value is -1.40. The van der Waals surface area contributed by atoms with Crippen LogP contribution in [0, 0.1) is 0 Å². The number of carbonyl (C=O) groups is 2. The van der Waals surface area contributed by atoms with E-state index in [-0.39, 0.29) is 4.88 Å². The second kappa shape index (κ2) is 3.07. The number of nitrogens with two attached hydrogens (primary N) is 1. The molecule has 0 aliphatic heterocycles. The monoisotopic (exact) mass is 227 g/mol. The molecule has 1 amide bonds. The Labute approximate surface area is 86.6 Å². The predicted molar refractivity (Wildman–Crippen MR) is 55.2 cm³/mol. The van der Waals surface area contributed by atoms with Crippen LogP contribution in [0.3, 0.4) is 0 Å². The van der Waals surface area contributed by atoms with Crippen molar-refractivity contribution < 1.29 is 14.7 Å². The summed E-state index contributed by atoms with van der Waals surface area (Å²) < 4.78 is 0.816. The van der Waals surface area contributed by atoms with Gasteiger partial charge in [0.05, 0.1) is 8.89 Å². The van der Waals surface area contributed by atoms with E-state index in [1.807, 2.05) is 0 Å². The molecule has 6 heteroatoms. The fourth-order valence-electron chi connectivity index (χ4n) is 1.07. The zero-order valence-corrected chi connectivity index (χ0v) is 8.45. The Bertz CT molecular complexity index is 451. The van der Waals surface area contributed by atoms with Gasteiger partial charge in [-0.3, -0.25) is 4.79 Å². The van der Waals surface area contributed by atoms with Crippen molar-refractivity contribution >= 4 is 43.9 Å². The molecule has 2 heterocycles. The van der Waals surface area contributed by atoms with Gasteiger partial charge in [-0.2, -0.15) is 0 Å². The van der Waals surface area contributed by atoms with Crippen LogP contribution >= 0.6 is 22.7 Å². The quantitative estimate of drug-likeness (QED) is 0.820. The second-order valence-electron chi connectivity index (χ2n) is 2.63. The highest BCUT2D eigenvalue weighted by Crippen LogP contribution is 2.33. The van der Waals surface area contributed by atoms with Gasteiger partial charge in [0.25, 0.3) is 5.91 Å². The number of carboxylic acid groups (broad SMARTS) is 1. The average molecular weight is 227 g/mol. The maximum absolute atomic E-state index is 10.8. The highest BCUT2D eigenvalue weighted by atomic mass is 32.2. The molecule has 0 bridgehead atoms. The minimum absolute atomic E-state index is 0.280. The Kier molecular flexibility index (Phi) is 2.01. The molecule has 0 aliphatic rings. The van der Waals surface area contributed by atoms with Crippen molar-refractivity contribution in [3.8, 4) is 0 Å². The average Bonchev–Trinajstić information content (AvgIpc) is 2.57. The molecule has 4 nitrogen and oxygen atoms in total. The number of aromatic carboxylic acids is 1. The number of primary amides is 1. The fourth-order valence-corrected chi connectivity index (χ4v) is 3.20. The first-order valence-corrected chi connectivity index (χ1v) is 5.27. The molecule has 0 unspecified atom stereocenters. The number of rotatable bonds is 2. The molecular weight excluding hydrogens is 222 g/mol. The normalized spacial score (nSPS) is 10.6. The molecule has 3 N–H and O–H groups in total. The maximum atomic E-state index is 10.8. The highest BCUT2D eigenvalue weighted by Gasteiger charge is 2.13. The van der Waals surface area contributed by atoms with Gasteiger partial charge >= 0.3 is 5.97 Å². The van der Waals surface area contributed by atoms with Crippen molar-refractivity contribution in [1.29, 1.82) is 0 Å². The summed E-state index contributed by atoms with van der Waals surface area (Å²) in [7, 11) is 0. The van der Waals surface area contributed by atoms with Crippen molar-refractivity contribution in [1.82, 2.24) is 0 Å². The maximum Gasteiger partial charge on any atom is 0.345 e. The van der Waals surface area contributed by atoms with Crippen LogP contribution in [0.2, 0.25) is 0 Å². The summed E-state index contributed by atoms with van der Waals surface area (Å²) in [5, 5.41) is 9.48. The van der Waals surface area contributed by atoms with E-state index in [9.17, 15) is 9.59 Å². The van der Waals surface area contributed by atoms with Crippen LogP contribution in [0.15, 0.2) is 12.1 Å². The lowest BCUT2D eigenvalue weighted by molar-refractivity contribution is 0.0702. The lowest BCUT2D eigenvalue weighted by Gasteiger charge is -1.84. The number of hydrogen-bond acceptors (Lipinski definition) is 4. The molecule has 2 aromatic heterocycles. The topological polar surface area (TPSA) is 80.4 Å². The molecule has 14 heavy (non-hydrogen) atoms. The summed E-state index contributed by atoms with van der Waals surface area (Å²) >= 11 is 2.38. The van der Waals surface area contributed by atoms with Crippen molar-refractivity contribution in [2.24, 2.45) is 5.73 Å². The predicted octanol–water partition coefficient (Wildman–Crippen LogP) is 1.76. The third-order valence-corrected chi connectivity index (χ3v) is 4.06. The van der Waals surface area contributed by atoms with E-state index < -0.39 is 11.9 Å². The Morgan fingerprint density at radius 1 is 1.21 bits per heavy atom. The minimum Gasteiger partial charge on any atom is -0.477 e. The van der Waals surface area contributed by atoms with E-state index in [1.165, 1.54) is 11.3 Å². The number of amides is 1. The van der Waals surface area contributed by atoms with Gasteiger partial charge < -0.3 is 10.8 Å². The van der Waals surface area contributed by atoms with E-state index in [0.29, 0.717) is 4.88 Å². The van der Waals surface area contributed by atoms with Crippen molar-refractivity contribution in [2.75, 3.05) is 0 Å². The molecule has 0 aliphatic carbocycles. The SMILES string of the molecule is NC(=O)c1cc2cc(C(=O)O)sc2s1. The van der Waals surface area contributed by atoms with E-state index in [1.54, 1.807) is 12.1 Å². The summed E-state index contributed by atoms with van der Waals surface area (Å²) in [6.45, 7) is 0. The lowest BCUT2D eigenvalue weighted by atomic mass is 10.3. The number of carboxylic acids is 1. The summed E-state index contributed by atoms with van der Waals surface area (Å²) in [5.74, 6) is -1.42. The third kappa shape index (κ3) is 1.38. The molecule has 0 atom stereocenters. The Balaban J connectivity index is 2.56. The summed E-state index contributed by atoms with van der Waals surface area (Å²) in [5.41, 5.74) is 5.09. The number of hydrogen-bond donors (Lipinski definition) is 2. The number of thiophene rings is 2. The summed E-state index contributed by atoms with van der Waals surface area (Å²) in [4.78, 5) is 22.2. The van der Waals surface area contributed by atoms with Gasteiger partial charge in [-0.05, 0) is 12.1 Å². The Morgan fingerprint density at radius 3 is 2.29 bits per heavy atom. The standard InChI is InChI=1S/C8H5NO3S2/c9-6(10)4-1-3-2-5(7(11)12)14-8(3)13-4/h1-2H,(H2,9,10)(H,11,12). The van der Waals surface area contributed by atoms with Gasteiger partial charge in [-0.15, -0.1) is 22.7 Å². The number of carbonyl (C=O) groups excluding carboxylic acids is 1. The van der Waals surface area contributed by atoms with Gasteiger partial charge in [0.1, 0.15) is 4.88 Å². The molecule has 2 rings (SSSR count). The summed E-state index contributed by atoms with van der Waals surface area (Å²) in [6.07, 6.45) is 0. The van der Waals surface area contributed by atoms with E-state index in [0.717, 1.165) is 20.7 Å². The van der Waals surface area contributed by atoms with Crippen molar-refractivity contribution in [2.45, 2.75) is 0 Å². The van der Waals surface area contributed by atoms with Crippen LogP contribution in [-0.2, 0) is 0 Å². The zero-order valence-electron chi connectivity index (χ0n) is 6.81. The Morgan fingerprint density at radius 2 is 1.79 bits per heavy atom. The van der Waals surface area contributed by atoms with Crippen LogP contribution in [0.5, 0.6) is 0 Å². The molecule has 0 aromatic carbocycles. The van der Waals surface area contributed by atoms with Gasteiger partial charge in [-0.1, -0.05) is 0 Å². The molecule has 0 fully saturated rings. The minimum atomic E-state index is -0.945. The smallest absolute Gasteiger partial charge is 0.345 e. The zero-order chi connectivity index (χ0) is 10.3. The van der Waals surface area contributed by atoms with Crippen LogP contribution in [-0.4, -0.2) is 17.0 Å². The molecular formula is C8H5NO3S2. The van der Waals surface area contributed by atoms with Gasteiger partial charge in [0, 0.05) is 5.39 Å². The summed E-state index contributed by atoms with van der Waals surface area (Å²) in [6, 6.07) is 3.16. The van der Waals surface area contributed by atoms with Crippen molar-refractivity contribution in [3.05, 3.63) is 21.9 Å².